The molecule has 0 atom stereocenters. The van der Waals surface area contributed by atoms with Crippen LogP contribution in [0.25, 0.3) is 0 Å². The third-order valence-corrected chi connectivity index (χ3v) is 4.68. The van der Waals surface area contributed by atoms with Gasteiger partial charge in [0.05, 0.1) is 24.8 Å². The van der Waals surface area contributed by atoms with Gasteiger partial charge in [0.25, 0.3) is 10.0 Å². The number of hydrogen-bond acceptors (Lipinski definition) is 5. The van der Waals surface area contributed by atoms with Crippen LogP contribution in [0, 0.1) is 0 Å². The Labute approximate surface area is 149 Å². The summed E-state index contributed by atoms with van der Waals surface area (Å²) in [6.07, 6.45) is 0. The molecule has 0 heterocycles. The van der Waals surface area contributed by atoms with Crippen LogP contribution in [0.1, 0.15) is 20.8 Å². The maximum absolute atomic E-state index is 12.6. The van der Waals surface area contributed by atoms with Crippen LogP contribution in [0.5, 0.6) is 11.5 Å². The first-order chi connectivity index (χ1) is 11.6. The largest absolute Gasteiger partial charge is 0.493 e. The molecule has 0 amide bonds. The van der Waals surface area contributed by atoms with Crippen LogP contribution < -0.4 is 19.5 Å². The van der Waals surface area contributed by atoms with Gasteiger partial charge in [-0.1, -0.05) is 6.07 Å². The van der Waals surface area contributed by atoms with E-state index in [2.05, 4.69) is 10.0 Å². The summed E-state index contributed by atoms with van der Waals surface area (Å²) in [5, 5.41) is 3.31. The normalized spacial score (nSPS) is 11.7. The monoisotopic (exact) mass is 364 g/mol. The van der Waals surface area contributed by atoms with Crippen LogP contribution in [0.4, 0.5) is 11.4 Å². The second-order valence-corrected chi connectivity index (χ2v) is 8.26. The first kappa shape index (κ1) is 18.9. The molecule has 0 unspecified atom stereocenters. The molecule has 0 aliphatic rings. The Morgan fingerprint density at radius 3 is 2.12 bits per heavy atom. The Hall–Kier alpha value is -2.41. The zero-order chi connectivity index (χ0) is 18.7. The summed E-state index contributed by atoms with van der Waals surface area (Å²) in [5.74, 6) is 0.825. The zero-order valence-corrected chi connectivity index (χ0v) is 15.9. The van der Waals surface area contributed by atoms with Crippen LogP contribution in [0.15, 0.2) is 47.4 Å². The van der Waals surface area contributed by atoms with Gasteiger partial charge in [0.2, 0.25) is 0 Å². The average molecular weight is 364 g/mol. The molecule has 0 fully saturated rings. The van der Waals surface area contributed by atoms with Crippen molar-refractivity contribution in [1.29, 1.82) is 0 Å². The predicted octanol–water partition coefficient (Wildman–Crippen LogP) is 3.72. The molecular formula is C18H24N2O4S. The Balaban J connectivity index is 2.28. The topological polar surface area (TPSA) is 76.7 Å². The van der Waals surface area contributed by atoms with Gasteiger partial charge < -0.3 is 14.8 Å². The fourth-order valence-corrected chi connectivity index (χ4v) is 3.36. The Kier molecular flexibility index (Phi) is 5.47. The first-order valence-corrected chi connectivity index (χ1v) is 9.26. The quantitative estimate of drug-likeness (QED) is 0.817. The minimum absolute atomic E-state index is 0.0966. The maximum atomic E-state index is 12.6. The summed E-state index contributed by atoms with van der Waals surface area (Å²) < 4.78 is 38.2. The van der Waals surface area contributed by atoms with Crippen LogP contribution in [0.2, 0.25) is 0 Å². The lowest BCUT2D eigenvalue weighted by molar-refractivity contribution is 0.354. The lowest BCUT2D eigenvalue weighted by atomic mass is 10.1. The number of rotatable bonds is 6. The Morgan fingerprint density at radius 2 is 1.52 bits per heavy atom. The molecule has 2 aromatic rings. The van der Waals surface area contributed by atoms with Gasteiger partial charge in [-0.05, 0) is 51.1 Å². The molecule has 7 heteroatoms. The van der Waals surface area contributed by atoms with Crippen molar-refractivity contribution < 1.29 is 17.9 Å². The molecule has 0 radical (unpaired) electrons. The van der Waals surface area contributed by atoms with E-state index in [0.717, 1.165) is 5.69 Å². The number of hydrogen-bond donors (Lipinski definition) is 2. The smallest absolute Gasteiger partial charge is 0.262 e. The lowest BCUT2D eigenvalue weighted by Gasteiger charge is -2.22. The number of ether oxygens (including phenoxy) is 2. The number of nitrogens with one attached hydrogen (secondary N) is 2. The van der Waals surface area contributed by atoms with Crippen molar-refractivity contribution >= 4 is 21.4 Å². The number of methoxy groups -OCH3 is 2. The van der Waals surface area contributed by atoms with Gasteiger partial charge >= 0.3 is 0 Å². The van der Waals surface area contributed by atoms with Crippen molar-refractivity contribution in [1.82, 2.24) is 0 Å². The highest BCUT2D eigenvalue weighted by Gasteiger charge is 2.18. The molecule has 0 aliphatic heterocycles. The van der Waals surface area contributed by atoms with E-state index in [1.807, 2.05) is 26.8 Å². The van der Waals surface area contributed by atoms with E-state index in [-0.39, 0.29) is 10.4 Å². The Bertz CT molecular complexity index is 842. The van der Waals surface area contributed by atoms with Crippen molar-refractivity contribution in [3.8, 4) is 11.5 Å². The lowest BCUT2D eigenvalue weighted by Crippen LogP contribution is -2.26. The van der Waals surface area contributed by atoms with Gasteiger partial charge in [0.1, 0.15) is 0 Å². The third-order valence-electron chi connectivity index (χ3n) is 3.30. The van der Waals surface area contributed by atoms with Gasteiger partial charge in [0, 0.05) is 17.3 Å². The number of benzene rings is 2. The minimum Gasteiger partial charge on any atom is -0.493 e. The van der Waals surface area contributed by atoms with Crippen molar-refractivity contribution in [2.45, 2.75) is 31.2 Å². The SMILES string of the molecule is COc1ccc(S(=O)(=O)Nc2cccc(NC(C)(C)C)c2)cc1OC. The standard InChI is InChI=1S/C18H24N2O4S/c1-18(2,3)19-13-7-6-8-14(11-13)20-25(21,22)15-9-10-16(23-4)17(12-15)24-5/h6-12,19-20H,1-5H3. The molecule has 2 aromatic carbocycles. The fourth-order valence-electron chi connectivity index (χ4n) is 2.29. The second kappa shape index (κ2) is 7.23. The van der Waals surface area contributed by atoms with Crippen LogP contribution in [-0.2, 0) is 10.0 Å². The summed E-state index contributed by atoms with van der Waals surface area (Å²) in [6.45, 7) is 6.11. The molecule has 136 valence electrons. The third kappa shape index (κ3) is 5.03. The predicted molar refractivity (Wildman–Crippen MR) is 100 cm³/mol. The number of anilines is 2. The molecule has 0 bridgehead atoms. The molecule has 2 rings (SSSR count). The van der Waals surface area contributed by atoms with Crippen molar-refractivity contribution in [3.63, 3.8) is 0 Å². The van der Waals surface area contributed by atoms with Gasteiger partial charge in [0.15, 0.2) is 11.5 Å². The van der Waals surface area contributed by atoms with Crippen molar-refractivity contribution in [3.05, 3.63) is 42.5 Å². The van der Waals surface area contributed by atoms with E-state index in [0.29, 0.717) is 17.2 Å². The van der Waals surface area contributed by atoms with E-state index in [9.17, 15) is 8.42 Å². The summed E-state index contributed by atoms with van der Waals surface area (Å²) in [7, 11) is -0.785. The highest BCUT2D eigenvalue weighted by Crippen LogP contribution is 2.30. The van der Waals surface area contributed by atoms with E-state index in [1.54, 1.807) is 24.3 Å². The molecule has 0 saturated carbocycles. The molecule has 0 aromatic heterocycles. The van der Waals surface area contributed by atoms with E-state index < -0.39 is 10.0 Å². The van der Waals surface area contributed by atoms with Crippen LogP contribution >= 0.6 is 0 Å². The van der Waals surface area contributed by atoms with Crippen molar-refractivity contribution in [2.75, 3.05) is 24.3 Å². The van der Waals surface area contributed by atoms with E-state index in [4.69, 9.17) is 9.47 Å². The van der Waals surface area contributed by atoms with Gasteiger partial charge in [-0.3, -0.25) is 4.72 Å². The van der Waals surface area contributed by atoms with Crippen LogP contribution in [0.3, 0.4) is 0 Å². The van der Waals surface area contributed by atoms with Crippen molar-refractivity contribution in [2.24, 2.45) is 0 Å². The zero-order valence-electron chi connectivity index (χ0n) is 15.1. The summed E-state index contributed by atoms with van der Waals surface area (Å²) >= 11 is 0. The Morgan fingerprint density at radius 1 is 0.880 bits per heavy atom. The maximum Gasteiger partial charge on any atom is 0.262 e. The van der Waals surface area contributed by atoms with E-state index >= 15 is 0 Å². The molecular weight excluding hydrogens is 340 g/mol. The molecule has 0 aliphatic carbocycles. The number of sulfonamides is 1. The highest BCUT2D eigenvalue weighted by molar-refractivity contribution is 7.92. The molecule has 6 nitrogen and oxygen atoms in total. The fraction of sp³-hybridized carbons (Fsp3) is 0.333. The van der Waals surface area contributed by atoms with Gasteiger partial charge in [-0.25, -0.2) is 8.42 Å². The molecule has 2 N–H and O–H groups in total. The van der Waals surface area contributed by atoms with Gasteiger partial charge in [-0.15, -0.1) is 0 Å². The summed E-state index contributed by atoms with van der Waals surface area (Å²) in [5.41, 5.74) is 1.19. The molecule has 0 spiro atoms. The average Bonchev–Trinajstić information content (AvgIpc) is 2.52. The van der Waals surface area contributed by atoms with Crippen LogP contribution in [-0.4, -0.2) is 28.2 Å². The highest BCUT2D eigenvalue weighted by atomic mass is 32.2. The summed E-state index contributed by atoms with van der Waals surface area (Å²) in [6, 6.07) is 11.6. The van der Waals surface area contributed by atoms with E-state index in [1.165, 1.54) is 26.4 Å². The first-order valence-electron chi connectivity index (χ1n) is 7.78. The van der Waals surface area contributed by atoms with Gasteiger partial charge in [-0.2, -0.15) is 0 Å². The molecule has 25 heavy (non-hydrogen) atoms. The second-order valence-electron chi connectivity index (χ2n) is 6.58. The molecule has 0 saturated heterocycles. The summed E-state index contributed by atoms with van der Waals surface area (Å²) in [4.78, 5) is 0.0966. The minimum atomic E-state index is -3.74.